The summed E-state index contributed by atoms with van der Waals surface area (Å²) in [5, 5.41) is 0. The van der Waals surface area contributed by atoms with E-state index in [0.29, 0.717) is 18.0 Å². The second kappa shape index (κ2) is 6.16. The lowest BCUT2D eigenvalue weighted by atomic mass is 10.1. The molecule has 104 valence electrons. The summed E-state index contributed by atoms with van der Waals surface area (Å²) in [6.45, 7) is 0.437. The third-order valence-corrected chi connectivity index (χ3v) is 3.03. The van der Waals surface area contributed by atoms with Crippen LogP contribution >= 0.6 is 0 Å². The van der Waals surface area contributed by atoms with Gasteiger partial charge in [0.15, 0.2) is 0 Å². The molecule has 0 spiro atoms. The van der Waals surface area contributed by atoms with E-state index in [2.05, 4.69) is 4.98 Å². The van der Waals surface area contributed by atoms with Gasteiger partial charge in [-0.25, -0.2) is 4.98 Å². The van der Waals surface area contributed by atoms with Gasteiger partial charge in [-0.2, -0.15) is 0 Å². The molecule has 1 heterocycles. The summed E-state index contributed by atoms with van der Waals surface area (Å²) >= 11 is 0. The topological polar surface area (TPSA) is 68.5 Å². The number of hydrogen-bond donors (Lipinski definition) is 1. The number of rotatable bonds is 4. The highest BCUT2D eigenvalue weighted by molar-refractivity contribution is 6.07. The second-order valence-electron chi connectivity index (χ2n) is 4.30. The molecule has 2 N–H and O–H groups in total. The van der Waals surface area contributed by atoms with Crippen LogP contribution in [0.1, 0.15) is 15.9 Å². The lowest BCUT2D eigenvalue weighted by molar-refractivity contribution is 0.0989. The molecule has 0 saturated carbocycles. The Bertz CT molecular complexity index is 614. The SMILES string of the molecule is COc1ncccc1C(=O)N(C)c1cccc(CN)c1. The Hall–Kier alpha value is -2.40. The van der Waals surface area contributed by atoms with E-state index in [9.17, 15) is 4.79 Å². The first-order chi connectivity index (χ1) is 9.67. The van der Waals surface area contributed by atoms with Crippen molar-refractivity contribution < 1.29 is 9.53 Å². The molecule has 0 unspecified atom stereocenters. The van der Waals surface area contributed by atoms with Gasteiger partial charge in [-0.15, -0.1) is 0 Å². The van der Waals surface area contributed by atoms with Crippen molar-refractivity contribution in [2.45, 2.75) is 6.54 Å². The van der Waals surface area contributed by atoms with E-state index in [0.717, 1.165) is 11.3 Å². The number of methoxy groups -OCH3 is 1. The van der Waals surface area contributed by atoms with E-state index in [1.807, 2.05) is 24.3 Å². The highest BCUT2D eigenvalue weighted by Gasteiger charge is 2.18. The number of anilines is 1. The Morgan fingerprint density at radius 3 is 2.85 bits per heavy atom. The van der Waals surface area contributed by atoms with Crippen molar-refractivity contribution in [1.29, 1.82) is 0 Å². The van der Waals surface area contributed by atoms with E-state index >= 15 is 0 Å². The van der Waals surface area contributed by atoms with E-state index in [4.69, 9.17) is 10.5 Å². The summed E-state index contributed by atoms with van der Waals surface area (Å²) in [5.41, 5.74) is 7.80. The van der Waals surface area contributed by atoms with Gasteiger partial charge >= 0.3 is 0 Å². The van der Waals surface area contributed by atoms with Gasteiger partial charge in [0.05, 0.1) is 7.11 Å². The number of nitrogens with zero attached hydrogens (tertiary/aromatic N) is 2. The predicted molar refractivity (Wildman–Crippen MR) is 77.9 cm³/mol. The lowest BCUT2D eigenvalue weighted by Gasteiger charge is -2.19. The normalized spacial score (nSPS) is 10.2. The number of aromatic nitrogens is 1. The van der Waals surface area contributed by atoms with Crippen molar-refractivity contribution in [1.82, 2.24) is 4.98 Å². The average molecular weight is 271 g/mol. The molecule has 2 aromatic rings. The Kier molecular flexibility index (Phi) is 4.32. The van der Waals surface area contributed by atoms with Crippen LogP contribution in [0, 0.1) is 0 Å². The summed E-state index contributed by atoms with van der Waals surface area (Å²) < 4.78 is 5.12. The van der Waals surface area contributed by atoms with Crippen LogP contribution in [0.3, 0.4) is 0 Å². The van der Waals surface area contributed by atoms with Crippen molar-refractivity contribution in [2.75, 3.05) is 19.1 Å². The van der Waals surface area contributed by atoms with Gasteiger partial charge in [0, 0.05) is 25.5 Å². The molecule has 0 aliphatic carbocycles. The number of pyridine rings is 1. The molecule has 0 fully saturated rings. The minimum absolute atomic E-state index is 0.177. The maximum atomic E-state index is 12.5. The van der Waals surface area contributed by atoms with Gasteiger partial charge in [0.1, 0.15) is 5.56 Å². The lowest BCUT2D eigenvalue weighted by Crippen LogP contribution is -2.27. The van der Waals surface area contributed by atoms with Gasteiger partial charge in [-0.05, 0) is 29.8 Å². The molecule has 0 bridgehead atoms. The van der Waals surface area contributed by atoms with Crippen LogP contribution in [0.2, 0.25) is 0 Å². The van der Waals surface area contributed by atoms with Crippen LogP contribution in [0.25, 0.3) is 0 Å². The highest BCUT2D eigenvalue weighted by Crippen LogP contribution is 2.21. The van der Waals surface area contributed by atoms with Gasteiger partial charge in [0.2, 0.25) is 5.88 Å². The van der Waals surface area contributed by atoms with Crippen LogP contribution in [0.15, 0.2) is 42.6 Å². The highest BCUT2D eigenvalue weighted by atomic mass is 16.5. The zero-order chi connectivity index (χ0) is 14.5. The molecule has 1 aromatic heterocycles. The van der Waals surface area contributed by atoms with Crippen LogP contribution in [0.5, 0.6) is 5.88 Å². The summed E-state index contributed by atoms with van der Waals surface area (Å²) in [6, 6.07) is 11.0. The Morgan fingerprint density at radius 1 is 1.35 bits per heavy atom. The third-order valence-electron chi connectivity index (χ3n) is 3.03. The summed E-state index contributed by atoms with van der Waals surface area (Å²) in [4.78, 5) is 18.1. The van der Waals surface area contributed by atoms with Crippen LogP contribution in [-0.4, -0.2) is 25.0 Å². The first-order valence-corrected chi connectivity index (χ1v) is 6.23. The molecule has 0 aliphatic rings. The first-order valence-electron chi connectivity index (χ1n) is 6.23. The fraction of sp³-hybridized carbons (Fsp3) is 0.200. The Morgan fingerprint density at radius 2 is 2.15 bits per heavy atom. The van der Waals surface area contributed by atoms with Crippen molar-refractivity contribution >= 4 is 11.6 Å². The third kappa shape index (κ3) is 2.78. The number of nitrogens with two attached hydrogens (primary N) is 1. The van der Waals surface area contributed by atoms with E-state index in [1.165, 1.54) is 7.11 Å². The van der Waals surface area contributed by atoms with Crippen LogP contribution < -0.4 is 15.4 Å². The van der Waals surface area contributed by atoms with Crippen molar-refractivity contribution in [3.8, 4) is 5.88 Å². The maximum Gasteiger partial charge on any atom is 0.263 e. The second-order valence-corrected chi connectivity index (χ2v) is 4.30. The minimum atomic E-state index is -0.177. The van der Waals surface area contributed by atoms with E-state index in [-0.39, 0.29) is 5.91 Å². The first kappa shape index (κ1) is 14.0. The predicted octanol–water partition coefficient (Wildman–Crippen LogP) is 1.83. The summed E-state index contributed by atoms with van der Waals surface area (Å²) in [6.07, 6.45) is 1.59. The molecule has 0 aliphatic heterocycles. The molecule has 2 rings (SSSR count). The van der Waals surface area contributed by atoms with Crippen molar-refractivity contribution in [3.05, 3.63) is 53.7 Å². The van der Waals surface area contributed by atoms with Crippen LogP contribution in [-0.2, 0) is 6.54 Å². The average Bonchev–Trinajstić information content (AvgIpc) is 2.53. The zero-order valence-corrected chi connectivity index (χ0v) is 11.5. The molecule has 0 radical (unpaired) electrons. The van der Waals surface area contributed by atoms with Gasteiger partial charge in [0.25, 0.3) is 5.91 Å². The molecule has 5 heteroatoms. The molecule has 0 atom stereocenters. The summed E-state index contributed by atoms with van der Waals surface area (Å²) in [5.74, 6) is 0.142. The molecule has 20 heavy (non-hydrogen) atoms. The van der Waals surface area contributed by atoms with E-state index in [1.54, 1.807) is 30.3 Å². The fourth-order valence-electron chi connectivity index (χ4n) is 1.91. The molecule has 1 aromatic carbocycles. The Labute approximate surface area is 118 Å². The fourth-order valence-corrected chi connectivity index (χ4v) is 1.91. The Balaban J connectivity index is 2.32. The number of hydrogen-bond acceptors (Lipinski definition) is 4. The maximum absolute atomic E-state index is 12.5. The van der Waals surface area contributed by atoms with Gasteiger partial charge in [-0.3, -0.25) is 4.79 Å². The van der Waals surface area contributed by atoms with Crippen molar-refractivity contribution in [2.24, 2.45) is 5.73 Å². The zero-order valence-electron chi connectivity index (χ0n) is 11.5. The number of benzene rings is 1. The molecule has 1 amide bonds. The number of ether oxygens (including phenoxy) is 1. The van der Waals surface area contributed by atoms with Crippen LogP contribution in [0.4, 0.5) is 5.69 Å². The van der Waals surface area contributed by atoms with Gasteiger partial charge < -0.3 is 15.4 Å². The number of carbonyl (C=O) groups is 1. The molecule has 5 nitrogen and oxygen atoms in total. The number of carbonyl (C=O) groups excluding carboxylic acids is 1. The van der Waals surface area contributed by atoms with Gasteiger partial charge in [-0.1, -0.05) is 12.1 Å². The minimum Gasteiger partial charge on any atom is -0.480 e. The molecular weight excluding hydrogens is 254 g/mol. The standard InChI is InChI=1S/C15H17N3O2/c1-18(12-6-3-5-11(9-12)10-16)15(19)13-7-4-8-17-14(13)20-2/h3-9H,10,16H2,1-2H3. The molecular formula is C15H17N3O2. The quantitative estimate of drug-likeness (QED) is 0.921. The smallest absolute Gasteiger partial charge is 0.263 e. The monoisotopic (exact) mass is 271 g/mol. The largest absolute Gasteiger partial charge is 0.480 e. The summed E-state index contributed by atoms with van der Waals surface area (Å²) in [7, 11) is 3.21. The number of amides is 1. The van der Waals surface area contributed by atoms with Crippen molar-refractivity contribution in [3.63, 3.8) is 0 Å². The molecule has 0 saturated heterocycles. The van der Waals surface area contributed by atoms with E-state index < -0.39 is 0 Å².